The summed E-state index contributed by atoms with van der Waals surface area (Å²) < 4.78 is 12.3. The molecule has 2 saturated heterocycles. The third-order valence-corrected chi connectivity index (χ3v) is 5.87. The molecule has 1 aromatic heterocycles. The minimum Gasteiger partial charge on any atom is -0.399 e. The molecule has 2 aliphatic rings. The van der Waals surface area contributed by atoms with E-state index in [-0.39, 0.29) is 17.1 Å². The van der Waals surface area contributed by atoms with Crippen molar-refractivity contribution in [2.24, 2.45) is 0 Å². The zero-order valence-electron chi connectivity index (χ0n) is 16.4. The van der Waals surface area contributed by atoms with Crippen molar-refractivity contribution in [2.75, 3.05) is 11.4 Å². The van der Waals surface area contributed by atoms with Crippen LogP contribution in [0.3, 0.4) is 0 Å². The minimum absolute atomic E-state index is 0.201. The molecule has 0 bridgehead atoms. The Morgan fingerprint density at radius 1 is 1.00 bits per heavy atom. The SMILES string of the molecule is CC1(C)OB(c2cncc(-c3ccc(N4CCCC4=O)cc3)c2)OC1(C)C. The number of carbonyl (C=O) groups is 1. The van der Waals surface area contributed by atoms with Gasteiger partial charge in [-0.1, -0.05) is 18.2 Å². The summed E-state index contributed by atoms with van der Waals surface area (Å²) in [6.07, 6.45) is 5.20. The second-order valence-corrected chi connectivity index (χ2v) is 8.29. The van der Waals surface area contributed by atoms with E-state index in [1.165, 1.54) is 0 Å². The van der Waals surface area contributed by atoms with Gasteiger partial charge in [0, 0.05) is 36.5 Å². The average Bonchev–Trinajstić information content (AvgIpc) is 3.15. The molecule has 27 heavy (non-hydrogen) atoms. The van der Waals surface area contributed by atoms with Gasteiger partial charge in [0.1, 0.15) is 0 Å². The maximum atomic E-state index is 11.9. The summed E-state index contributed by atoms with van der Waals surface area (Å²) in [5.74, 6) is 0.201. The summed E-state index contributed by atoms with van der Waals surface area (Å²) in [4.78, 5) is 18.2. The second kappa shape index (κ2) is 6.46. The number of aromatic nitrogens is 1. The molecule has 3 heterocycles. The van der Waals surface area contributed by atoms with E-state index in [1.54, 1.807) is 6.20 Å². The quantitative estimate of drug-likeness (QED) is 0.785. The van der Waals surface area contributed by atoms with Crippen LogP contribution in [-0.4, -0.2) is 35.8 Å². The predicted octanol–water partition coefficient (Wildman–Crippen LogP) is 3.17. The number of hydrogen-bond donors (Lipinski definition) is 0. The molecule has 0 radical (unpaired) electrons. The standard InChI is InChI=1S/C21H25BN2O3/c1-20(2)21(3,4)27-22(26-20)17-12-16(13-23-14-17)15-7-9-18(10-8-15)24-11-5-6-19(24)25/h7-10,12-14H,5-6,11H2,1-4H3. The molecule has 6 heteroatoms. The summed E-state index contributed by atoms with van der Waals surface area (Å²) in [6, 6.07) is 10.1. The van der Waals surface area contributed by atoms with E-state index in [4.69, 9.17) is 9.31 Å². The minimum atomic E-state index is -0.427. The molecular formula is C21H25BN2O3. The molecular weight excluding hydrogens is 339 g/mol. The fraction of sp³-hybridized carbons (Fsp3) is 0.429. The van der Waals surface area contributed by atoms with Gasteiger partial charge in [-0.15, -0.1) is 0 Å². The van der Waals surface area contributed by atoms with Crippen LogP contribution in [0.25, 0.3) is 11.1 Å². The highest BCUT2D eigenvalue weighted by molar-refractivity contribution is 6.62. The lowest BCUT2D eigenvalue weighted by Gasteiger charge is -2.32. The first-order valence-electron chi connectivity index (χ1n) is 9.48. The first-order valence-corrected chi connectivity index (χ1v) is 9.48. The van der Waals surface area contributed by atoms with Gasteiger partial charge in [0.15, 0.2) is 0 Å². The maximum absolute atomic E-state index is 11.9. The topological polar surface area (TPSA) is 51.7 Å². The van der Waals surface area contributed by atoms with Gasteiger partial charge in [0.2, 0.25) is 5.91 Å². The summed E-state index contributed by atoms with van der Waals surface area (Å²) in [5.41, 5.74) is 3.16. The Balaban J connectivity index is 1.57. The van der Waals surface area contributed by atoms with Gasteiger partial charge < -0.3 is 14.2 Å². The van der Waals surface area contributed by atoms with Crippen LogP contribution >= 0.6 is 0 Å². The Kier molecular flexibility index (Phi) is 4.36. The van der Waals surface area contributed by atoms with Gasteiger partial charge in [-0.25, -0.2) is 0 Å². The third kappa shape index (κ3) is 3.28. The second-order valence-electron chi connectivity index (χ2n) is 8.29. The van der Waals surface area contributed by atoms with Crippen molar-refractivity contribution in [3.63, 3.8) is 0 Å². The molecule has 4 rings (SSSR count). The highest BCUT2D eigenvalue weighted by atomic mass is 16.7. The van der Waals surface area contributed by atoms with Gasteiger partial charge in [0.05, 0.1) is 11.2 Å². The Bertz CT molecular complexity index is 848. The molecule has 0 N–H and O–H groups in total. The number of rotatable bonds is 3. The number of pyridine rings is 1. The number of amides is 1. The molecule has 0 aliphatic carbocycles. The van der Waals surface area contributed by atoms with Crippen molar-refractivity contribution in [3.8, 4) is 11.1 Å². The van der Waals surface area contributed by atoms with Crippen molar-refractivity contribution in [1.82, 2.24) is 4.98 Å². The fourth-order valence-corrected chi connectivity index (χ4v) is 3.48. The van der Waals surface area contributed by atoms with Crippen molar-refractivity contribution in [1.29, 1.82) is 0 Å². The van der Waals surface area contributed by atoms with Crippen molar-refractivity contribution >= 4 is 24.2 Å². The smallest absolute Gasteiger partial charge is 0.399 e. The molecule has 2 fully saturated rings. The van der Waals surface area contributed by atoms with E-state index in [2.05, 4.69) is 11.1 Å². The lowest BCUT2D eigenvalue weighted by atomic mass is 9.79. The Labute approximate surface area is 160 Å². The zero-order valence-corrected chi connectivity index (χ0v) is 16.4. The molecule has 5 nitrogen and oxygen atoms in total. The molecule has 1 amide bonds. The highest BCUT2D eigenvalue weighted by Gasteiger charge is 2.51. The average molecular weight is 364 g/mol. The van der Waals surface area contributed by atoms with Crippen LogP contribution in [0.2, 0.25) is 0 Å². The first-order chi connectivity index (χ1) is 12.8. The van der Waals surface area contributed by atoms with Crippen molar-refractivity contribution in [3.05, 3.63) is 42.7 Å². The monoisotopic (exact) mass is 364 g/mol. The van der Waals surface area contributed by atoms with Crippen molar-refractivity contribution in [2.45, 2.75) is 51.7 Å². The summed E-state index contributed by atoms with van der Waals surface area (Å²) in [6.45, 7) is 8.98. The zero-order chi connectivity index (χ0) is 19.2. The molecule has 0 atom stereocenters. The van der Waals surface area contributed by atoms with Crippen molar-refractivity contribution < 1.29 is 14.1 Å². The van der Waals surface area contributed by atoms with Crippen LogP contribution in [0.1, 0.15) is 40.5 Å². The number of nitrogens with zero attached hydrogens (tertiary/aromatic N) is 2. The van der Waals surface area contributed by atoms with E-state index < -0.39 is 7.12 Å². The number of carbonyl (C=O) groups excluding carboxylic acids is 1. The lowest BCUT2D eigenvalue weighted by molar-refractivity contribution is -0.117. The van der Waals surface area contributed by atoms with Crippen LogP contribution in [0, 0.1) is 0 Å². The largest absolute Gasteiger partial charge is 0.496 e. The van der Waals surface area contributed by atoms with Gasteiger partial charge in [-0.2, -0.15) is 0 Å². The fourth-order valence-electron chi connectivity index (χ4n) is 3.48. The Morgan fingerprint density at radius 2 is 1.67 bits per heavy atom. The van der Waals surface area contributed by atoms with Crippen LogP contribution in [0.4, 0.5) is 5.69 Å². The van der Waals surface area contributed by atoms with E-state index in [1.807, 2.05) is 63.1 Å². The van der Waals surface area contributed by atoms with E-state index >= 15 is 0 Å². The van der Waals surface area contributed by atoms with Gasteiger partial charge in [-0.05, 0) is 57.4 Å². The predicted molar refractivity (Wildman–Crippen MR) is 107 cm³/mol. The van der Waals surface area contributed by atoms with E-state index in [9.17, 15) is 4.79 Å². The highest BCUT2D eigenvalue weighted by Crippen LogP contribution is 2.36. The number of benzene rings is 1. The van der Waals surface area contributed by atoms with Gasteiger partial charge >= 0.3 is 7.12 Å². The summed E-state index contributed by atoms with van der Waals surface area (Å²) >= 11 is 0. The van der Waals surface area contributed by atoms with Crippen LogP contribution < -0.4 is 10.4 Å². The molecule has 0 spiro atoms. The summed E-state index contributed by atoms with van der Waals surface area (Å²) in [7, 11) is -0.427. The molecule has 2 aliphatic heterocycles. The molecule has 0 unspecified atom stereocenters. The number of hydrogen-bond acceptors (Lipinski definition) is 4. The van der Waals surface area contributed by atoms with Gasteiger partial charge in [-0.3, -0.25) is 9.78 Å². The normalized spacial score (nSPS) is 21.1. The van der Waals surface area contributed by atoms with E-state index in [0.717, 1.165) is 35.2 Å². The van der Waals surface area contributed by atoms with Gasteiger partial charge in [0.25, 0.3) is 0 Å². The van der Waals surface area contributed by atoms with Crippen LogP contribution in [0.5, 0.6) is 0 Å². The molecule has 0 saturated carbocycles. The molecule has 2 aromatic rings. The lowest BCUT2D eigenvalue weighted by Crippen LogP contribution is -2.41. The summed E-state index contributed by atoms with van der Waals surface area (Å²) in [5, 5.41) is 0. The molecule has 140 valence electrons. The Hall–Kier alpha value is -2.18. The first kappa shape index (κ1) is 18.2. The van der Waals surface area contributed by atoms with Crippen LogP contribution in [-0.2, 0) is 14.1 Å². The third-order valence-electron chi connectivity index (χ3n) is 5.87. The maximum Gasteiger partial charge on any atom is 0.496 e. The van der Waals surface area contributed by atoms with E-state index in [0.29, 0.717) is 6.42 Å². The Morgan fingerprint density at radius 3 is 2.26 bits per heavy atom. The molecule has 1 aromatic carbocycles. The number of anilines is 1. The van der Waals surface area contributed by atoms with Crippen LogP contribution in [0.15, 0.2) is 42.7 Å².